The molecule has 0 bridgehead atoms. The molecule has 0 unspecified atom stereocenters. The minimum absolute atomic E-state index is 0.0724. The highest BCUT2D eigenvalue weighted by atomic mass is 35.5. The lowest BCUT2D eigenvalue weighted by Gasteiger charge is -2.36. The molecule has 1 aromatic heterocycles. The number of aromatic nitrogens is 1. The van der Waals surface area contributed by atoms with Gasteiger partial charge in [0, 0.05) is 31.4 Å². The van der Waals surface area contributed by atoms with Crippen LogP contribution in [-0.2, 0) is 4.79 Å². The smallest absolute Gasteiger partial charge is 0.273 e. The topological polar surface area (TPSA) is 62.7 Å². The average Bonchev–Trinajstić information content (AvgIpc) is 3.24. The number of likely N-dealkylation sites (tertiary alicyclic amines) is 1. The molecule has 8 heteroatoms. The molecular formula is C23H26ClN3O3S. The number of terminal acetylenes is 1. The van der Waals surface area contributed by atoms with Gasteiger partial charge in [-0.2, -0.15) is 0 Å². The Morgan fingerprint density at radius 2 is 2.03 bits per heavy atom. The highest BCUT2D eigenvalue weighted by molar-refractivity contribution is 7.09. The second-order valence-corrected chi connectivity index (χ2v) is 9.34. The monoisotopic (exact) mass is 459 g/mol. The number of benzene rings is 1. The zero-order chi connectivity index (χ0) is 22.6. The highest BCUT2D eigenvalue weighted by Gasteiger charge is 2.37. The maximum absolute atomic E-state index is 13.1. The predicted octanol–water partition coefficient (Wildman–Crippen LogP) is 4.07. The van der Waals surface area contributed by atoms with E-state index in [2.05, 4.69) is 10.9 Å². The third-order valence-corrected chi connectivity index (χ3v) is 6.58. The van der Waals surface area contributed by atoms with Crippen molar-refractivity contribution in [1.82, 2.24) is 14.8 Å². The summed E-state index contributed by atoms with van der Waals surface area (Å²) in [6.45, 7) is 4.99. The summed E-state index contributed by atoms with van der Waals surface area (Å²) < 4.78 is 5.94. The molecule has 1 aromatic carbocycles. The summed E-state index contributed by atoms with van der Waals surface area (Å²) >= 11 is 7.66. The number of amides is 2. The Morgan fingerprint density at radius 1 is 1.35 bits per heavy atom. The third kappa shape index (κ3) is 5.38. The number of rotatable bonds is 6. The van der Waals surface area contributed by atoms with Crippen LogP contribution in [0.15, 0.2) is 29.6 Å². The summed E-state index contributed by atoms with van der Waals surface area (Å²) in [5.41, 5.74) is -0.606. The molecule has 2 heterocycles. The molecule has 0 saturated carbocycles. The second kappa shape index (κ2) is 9.71. The predicted molar refractivity (Wildman–Crippen MR) is 123 cm³/mol. The standard InChI is InChI=1S/C23H26ClN3O3S/c1-5-12-26(4)21(28)18-15-31-20(25-18)16-10-13-27(14-11-16)22(29)23(2,3)30-19-9-7-6-8-17(19)24/h1,6-9,15-16H,10-14H2,2-4H3. The Hall–Kier alpha value is -2.56. The van der Waals surface area contributed by atoms with Crippen LogP contribution in [0.25, 0.3) is 0 Å². The Bertz CT molecular complexity index is 990. The number of ether oxygens (including phenoxy) is 1. The first-order valence-electron chi connectivity index (χ1n) is 10.1. The van der Waals surface area contributed by atoms with Gasteiger partial charge in [-0.3, -0.25) is 9.59 Å². The van der Waals surface area contributed by atoms with Crippen LogP contribution in [0.4, 0.5) is 0 Å². The van der Waals surface area contributed by atoms with Crippen molar-refractivity contribution in [3.8, 4) is 18.1 Å². The number of carbonyl (C=O) groups is 2. The van der Waals surface area contributed by atoms with Crippen molar-refractivity contribution in [2.45, 2.75) is 38.2 Å². The van der Waals surface area contributed by atoms with E-state index in [0.29, 0.717) is 29.6 Å². The van der Waals surface area contributed by atoms with Gasteiger partial charge in [-0.1, -0.05) is 29.7 Å². The summed E-state index contributed by atoms with van der Waals surface area (Å²) in [6.07, 6.45) is 6.85. The van der Waals surface area contributed by atoms with Crippen LogP contribution < -0.4 is 4.74 Å². The van der Waals surface area contributed by atoms with E-state index in [-0.39, 0.29) is 24.3 Å². The summed E-state index contributed by atoms with van der Waals surface area (Å²) in [4.78, 5) is 33.3. The van der Waals surface area contributed by atoms with Crippen molar-refractivity contribution in [1.29, 1.82) is 0 Å². The molecule has 0 radical (unpaired) electrons. The number of carbonyl (C=O) groups excluding carboxylic acids is 2. The Labute approximate surface area is 192 Å². The molecule has 0 N–H and O–H groups in total. The van der Waals surface area contributed by atoms with E-state index in [9.17, 15) is 9.59 Å². The first kappa shape index (κ1) is 23.1. The first-order valence-corrected chi connectivity index (χ1v) is 11.4. The van der Waals surface area contributed by atoms with E-state index in [1.165, 1.54) is 16.2 Å². The Morgan fingerprint density at radius 3 is 2.68 bits per heavy atom. The van der Waals surface area contributed by atoms with E-state index >= 15 is 0 Å². The molecule has 1 saturated heterocycles. The summed E-state index contributed by atoms with van der Waals surface area (Å²) in [5.74, 6) is 2.93. The number of halogens is 1. The first-order chi connectivity index (χ1) is 14.7. The molecule has 0 aliphatic carbocycles. The van der Waals surface area contributed by atoms with E-state index < -0.39 is 5.60 Å². The largest absolute Gasteiger partial charge is 0.476 e. The minimum Gasteiger partial charge on any atom is -0.476 e. The lowest BCUT2D eigenvalue weighted by Crippen LogP contribution is -2.51. The average molecular weight is 460 g/mol. The van der Waals surface area contributed by atoms with Gasteiger partial charge in [-0.05, 0) is 38.8 Å². The van der Waals surface area contributed by atoms with Crippen LogP contribution in [0.2, 0.25) is 5.02 Å². The van der Waals surface area contributed by atoms with Gasteiger partial charge in [0.25, 0.3) is 11.8 Å². The number of hydrogen-bond acceptors (Lipinski definition) is 5. The molecule has 3 rings (SSSR count). The Kier molecular flexibility index (Phi) is 7.24. The van der Waals surface area contributed by atoms with Crippen LogP contribution in [0.1, 0.15) is 48.1 Å². The van der Waals surface area contributed by atoms with Crippen molar-refractivity contribution < 1.29 is 14.3 Å². The molecule has 2 amide bonds. The van der Waals surface area contributed by atoms with Crippen molar-refractivity contribution in [3.63, 3.8) is 0 Å². The van der Waals surface area contributed by atoms with Crippen molar-refractivity contribution in [2.24, 2.45) is 0 Å². The van der Waals surface area contributed by atoms with Gasteiger partial charge in [0.05, 0.1) is 16.6 Å². The molecule has 1 aliphatic heterocycles. The SMILES string of the molecule is C#CCN(C)C(=O)c1csc(C2CCN(C(=O)C(C)(C)Oc3ccccc3Cl)CC2)n1. The lowest BCUT2D eigenvalue weighted by molar-refractivity contribution is -0.146. The normalized spacial score (nSPS) is 14.7. The third-order valence-electron chi connectivity index (χ3n) is 5.26. The molecule has 1 aliphatic rings. The van der Waals surface area contributed by atoms with Crippen LogP contribution in [0.5, 0.6) is 5.75 Å². The zero-order valence-corrected chi connectivity index (χ0v) is 19.5. The highest BCUT2D eigenvalue weighted by Crippen LogP contribution is 2.33. The molecule has 164 valence electrons. The van der Waals surface area contributed by atoms with Crippen molar-refractivity contribution in [3.05, 3.63) is 45.4 Å². The molecule has 1 fully saturated rings. The van der Waals surface area contributed by atoms with Crippen molar-refractivity contribution in [2.75, 3.05) is 26.7 Å². The maximum atomic E-state index is 13.1. The Balaban J connectivity index is 1.59. The molecule has 0 atom stereocenters. The molecule has 31 heavy (non-hydrogen) atoms. The van der Waals surface area contributed by atoms with E-state index in [4.69, 9.17) is 22.8 Å². The fourth-order valence-electron chi connectivity index (χ4n) is 3.53. The van der Waals surface area contributed by atoms with Gasteiger partial charge in [0.1, 0.15) is 11.4 Å². The number of thiazole rings is 1. The summed E-state index contributed by atoms with van der Waals surface area (Å²) in [7, 11) is 1.66. The molecule has 6 nitrogen and oxygen atoms in total. The number of hydrogen-bond donors (Lipinski definition) is 0. The summed E-state index contributed by atoms with van der Waals surface area (Å²) in [5, 5.41) is 3.18. The zero-order valence-electron chi connectivity index (χ0n) is 17.9. The minimum atomic E-state index is -1.03. The number of piperidine rings is 1. The summed E-state index contributed by atoms with van der Waals surface area (Å²) in [6, 6.07) is 7.14. The molecule has 0 spiro atoms. The van der Waals surface area contributed by atoms with Gasteiger partial charge >= 0.3 is 0 Å². The van der Waals surface area contributed by atoms with E-state index in [0.717, 1.165) is 17.8 Å². The van der Waals surface area contributed by atoms with Gasteiger partial charge in [-0.15, -0.1) is 17.8 Å². The van der Waals surface area contributed by atoms with Crippen LogP contribution in [0.3, 0.4) is 0 Å². The van der Waals surface area contributed by atoms with Gasteiger partial charge in [0.15, 0.2) is 5.60 Å². The van der Waals surface area contributed by atoms with Gasteiger partial charge in [-0.25, -0.2) is 4.98 Å². The number of para-hydroxylation sites is 1. The van der Waals surface area contributed by atoms with Gasteiger partial charge in [0.2, 0.25) is 0 Å². The quantitative estimate of drug-likeness (QED) is 0.611. The van der Waals surface area contributed by atoms with Crippen LogP contribution in [-0.4, -0.2) is 58.9 Å². The molecular weight excluding hydrogens is 434 g/mol. The number of nitrogens with zero attached hydrogens (tertiary/aromatic N) is 3. The maximum Gasteiger partial charge on any atom is 0.273 e. The lowest BCUT2D eigenvalue weighted by atomic mass is 9.96. The fraction of sp³-hybridized carbons (Fsp3) is 0.435. The second-order valence-electron chi connectivity index (χ2n) is 8.05. The molecule has 2 aromatic rings. The van der Waals surface area contributed by atoms with E-state index in [1.54, 1.807) is 38.4 Å². The van der Waals surface area contributed by atoms with E-state index in [1.807, 2.05) is 17.0 Å². The van der Waals surface area contributed by atoms with Crippen LogP contribution in [0, 0.1) is 12.3 Å². The van der Waals surface area contributed by atoms with Crippen LogP contribution >= 0.6 is 22.9 Å². The fourth-order valence-corrected chi connectivity index (χ4v) is 4.67. The van der Waals surface area contributed by atoms with Gasteiger partial charge < -0.3 is 14.5 Å². The van der Waals surface area contributed by atoms with Crippen molar-refractivity contribution >= 4 is 34.8 Å².